The van der Waals surface area contributed by atoms with Crippen molar-refractivity contribution < 1.29 is 14.3 Å². The summed E-state index contributed by atoms with van der Waals surface area (Å²) >= 11 is 0. The van der Waals surface area contributed by atoms with Gasteiger partial charge in [-0.3, -0.25) is 19.6 Å². The van der Waals surface area contributed by atoms with E-state index in [0.29, 0.717) is 37.4 Å². The molecule has 1 aliphatic heterocycles. The fourth-order valence-corrected chi connectivity index (χ4v) is 2.79. The minimum absolute atomic E-state index is 0.0423. The van der Waals surface area contributed by atoms with Crippen LogP contribution in [0.2, 0.25) is 0 Å². The Morgan fingerprint density at radius 2 is 1.79 bits per heavy atom. The van der Waals surface area contributed by atoms with Crippen LogP contribution < -0.4 is 4.74 Å². The van der Waals surface area contributed by atoms with Crippen LogP contribution in [0.15, 0.2) is 30.6 Å². The van der Waals surface area contributed by atoms with Gasteiger partial charge in [0.1, 0.15) is 11.3 Å². The number of hydrogen-bond acceptors (Lipinski definition) is 5. The summed E-state index contributed by atoms with van der Waals surface area (Å²) in [4.78, 5) is 35.9. The van der Waals surface area contributed by atoms with E-state index in [1.165, 1.54) is 0 Å². The Hall–Kier alpha value is -2.70. The predicted octanol–water partition coefficient (Wildman–Crippen LogP) is 1.09. The van der Waals surface area contributed by atoms with Gasteiger partial charge in [0.05, 0.1) is 5.52 Å². The molecule has 7 nitrogen and oxygen atoms in total. The standard InChI is InChI=1S/C17H20N4O3/c1-12(17(23)21-10-8-20(9-11-21)13(2)22)24-15-5-7-18-14-4-3-6-19-16(14)15/h3-7,12H,8-11H2,1-2H3. The number of nitrogens with zero attached hydrogens (tertiary/aromatic N) is 4. The smallest absolute Gasteiger partial charge is 0.263 e. The van der Waals surface area contributed by atoms with Gasteiger partial charge in [-0.2, -0.15) is 0 Å². The first kappa shape index (κ1) is 16.2. The lowest BCUT2D eigenvalue weighted by Gasteiger charge is -2.35. The van der Waals surface area contributed by atoms with E-state index < -0.39 is 6.10 Å². The molecule has 0 saturated carbocycles. The summed E-state index contributed by atoms with van der Waals surface area (Å²) in [7, 11) is 0. The molecule has 3 heterocycles. The topological polar surface area (TPSA) is 75.6 Å². The van der Waals surface area contributed by atoms with Gasteiger partial charge in [0.2, 0.25) is 5.91 Å². The Kier molecular flexibility index (Phi) is 4.59. The molecule has 1 saturated heterocycles. The number of amides is 2. The third-order valence-corrected chi connectivity index (χ3v) is 4.15. The second-order valence-electron chi connectivity index (χ2n) is 5.77. The van der Waals surface area contributed by atoms with Crippen molar-refractivity contribution in [1.29, 1.82) is 0 Å². The van der Waals surface area contributed by atoms with Crippen molar-refractivity contribution >= 4 is 22.8 Å². The first-order chi connectivity index (χ1) is 11.6. The molecule has 0 N–H and O–H groups in total. The largest absolute Gasteiger partial charge is 0.478 e. The highest BCUT2D eigenvalue weighted by Crippen LogP contribution is 2.22. The Bertz CT molecular complexity index is 751. The molecule has 0 radical (unpaired) electrons. The highest BCUT2D eigenvalue weighted by molar-refractivity contribution is 5.83. The van der Waals surface area contributed by atoms with Gasteiger partial charge in [-0.25, -0.2) is 0 Å². The van der Waals surface area contributed by atoms with Crippen molar-refractivity contribution in [2.24, 2.45) is 0 Å². The number of carbonyl (C=O) groups is 2. The van der Waals surface area contributed by atoms with Crippen LogP contribution in [0.4, 0.5) is 0 Å². The lowest BCUT2D eigenvalue weighted by Crippen LogP contribution is -2.52. The van der Waals surface area contributed by atoms with Crippen LogP contribution in [-0.2, 0) is 9.59 Å². The molecule has 1 fully saturated rings. The highest BCUT2D eigenvalue weighted by Gasteiger charge is 2.27. The summed E-state index contributed by atoms with van der Waals surface area (Å²) in [6.07, 6.45) is 2.69. The summed E-state index contributed by atoms with van der Waals surface area (Å²) in [6, 6.07) is 5.37. The van der Waals surface area contributed by atoms with Gasteiger partial charge >= 0.3 is 0 Å². The van der Waals surface area contributed by atoms with Crippen molar-refractivity contribution in [2.45, 2.75) is 20.0 Å². The summed E-state index contributed by atoms with van der Waals surface area (Å²) in [5.41, 5.74) is 1.37. The predicted molar refractivity (Wildman–Crippen MR) is 88.5 cm³/mol. The SMILES string of the molecule is CC(=O)N1CCN(C(=O)C(C)Oc2ccnc3cccnc23)CC1. The van der Waals surface area contributed by atoms with Gasteiger partial charge in [-0.1, -0.05) is 0 Å². The lowest BCUT2D eigenvalue weighted by atomic mass is 10.2. The van der Waals surface area contributed by atoms with Gasteiger partial charge in [0, 0.05) is 51.6 Å². The molecule has 0 aromatic carbocycles. The van der Waals surface area contributed by atoms with Gasteiger partial charge < -0.3 is 14.5 Å². The van der Waals surface area contributed by atoms with Crippen LogP contribution >= 0.6 is 0 Å². The number of aromatic nitrogens is 2. The van der Waals surface area contributed by atoms with Gasteiger partial charge in [-0.05, 0) is 19.1 Å². The van der Waals surface area contributed by atoms with Crippen LogP contribution in [0.5, 0.6) is 5.75 Å². The van der Waals surface area contributed by atoms with Crippen LogP contribution in [0.25, 0.3) is 11.0 Å². The van der Waals surface area contributed by atoms with E-state index >= 15 is 0 Å². The monoisotopic (exact) mass is 328 g/mol. The Morgan fingerprint density at radius 1 is 1.08 bits per heavy atom. The molecular formula is C17H20N4O3. The summed E-state index contributed by atoms with van der Waals surface area (Å²) in [5.74, 6) is 0.503. The average molecular weight is 328 g/mol. The van der Waals surface area contributed by atoms with E-state index in [9.17, 15) is 9.59 Å². The van der Waals surface area contributed by atoms with Crippen molar-refractivity contribution in [2.75, 3.05) is 26.2 Å². The Morgan fingerprint density at radius 3 is 2.50 bits per heavy atom. The van der Waals surface area contributed by atoms with E-state index in [4.69, 9.17) is 4.74 Å². The Balaban J connectivity index is 1.67. The quantitative estimate of drug-likeness (QED) is 0.843. The molecule has 3 rings (SSSR count). The van der Waals surface area contributed by atoms with Crippen molar-refractivity contribution in [3.8, 4) is 5.75 Å². The molecule has 2 aromatic heterocycles. The third-order valence-electron chi connectivity index (χ3n) is 4.15. The summed E-state index contributed by atoms with van der Waals surface area (Å²) in [6.45, 7) is 5.46. The van der Waals surface area contributed by atoms with E-state index in [-0.39, 0.29) is 11.8 Å². The van der Waals surface area contributed by atoms with Crippen LogP contribution in [0.1, 0.15) is 13.8 Å². The molecule has 2 aromatic rings. The fraction of sp³-hybridized carbons (Fsp3) is 0.412. The minimum Gasteiger partial charge on any atom is -0.478 e. The maximum absolute atomic E-state index is 12.6. The fourth-order valence-electron chi connectivity index (χ4n) is 2.79. The maximum atomic E-state index is 12.6. The van der Waals surface area contributed by atoms with Gasteiger partial charge in [-0.15, -0.1) is 0 Å². The maximum Gasteiger partial charge on any atom is 0.263 e. The van der Waals surface area contributed by atoms with Crippen molar-refractivity contribution in [1.82, 2.24) is 19.8 Å². The molecule has 24 heavy (non-hydrogen) atoms. The highest BCUT2D eigenvalue weighted by atomic mass is 16.5. The van der Waals surface area contributed by atoms with Gasteiger partial charge in [0.25, 0.3) is 5.91 Å². The Labute approximate surface area is 140 Å². The summed E-state index contributed by atoms with van der Waals surface area (Å²) < 4.78 is 5.84. The van der Waals surface area contributed by atoms with Crippen LogP contribution in [0, 0.1) is 0 Å². The first-order valence-electron chi connectivity index (χ1n) is 7.97. The summed E-state index contributed by atoms with van der Waals surface area (Å²) in [5, 5.41) is 0. The number of piperazine rings is 1. The third kappa shape index (κ3) is 3.29. The normalized spacial score (nSPS) is 16.1. The number of hydrogen-bond donors (Lipinski definition) is 0. The van der Waals surface area contributed by atoms with E-state index in [2.05, 4.69) is 9.97 Å². The molecule has 0 bridgehead atoms. The van der Waals surface area contributed by atoms with E-state index in [0.717, 1.165) is 5.52 Å². The molecule has 126 valence electrons. The lowest BCUT2D eigenvalue weighted by molar-refractivity contribution is -0.143. The number of ether oxygens (including phenoxy) is 1. The second kappa shape index (κ2) is 6.82. The molecule has 7 heteroatoms. The number of carbonyl (C=O) groups excluding carboxylic acids is 2. The van der Waals surface area contributed by atoms with Gasteiger partial charge in [0.15, 0.2) is 6.10 Å². The second-order valence-corrected chi connectivity index (χ2v) is 5.77. The van der Waals surface area contributed by atoms with E-state index in [1.807, 2.05) is 12.1 Å². The molecule has 1 atom stereocenters. The molecule has 0 aliphatic carbocycles. The molecule has 1 unspecified atom stereocenters. The molecule has 0 spiro atoms. The zero-order valence-corrected chi connectivity index (χ0v) is 13.8. The molecule has 2 amide bonds. The zero-order chi connectivity index (χ0) is 17.1. The van der Waals surface area contributed by atoms with Crippen LogP contribution in [0.3, 0.4) is 0 Å². The van der Waals surface area contributed by atoms with Crippen LogP contribution in [-0.4, -0.2) is 63.9 Å². The number of pyridine rings is 2. The van der Waals surface area contributed by atoms with Crippen molar-refractivity contribution in [3.05, 3.63) is 30.6 Å². The average Bonchev–Trinajstić information content (AvgIpc) is 2.61. The minimum atomic E-state index is -0.624. The molecular weight excluding hydrogens is 308 g/mol. The number of rotatable bonds is 3. The zero-order valence-electron chi connectivity index (χ0n) is 13.8. The number of fused-ring (bicyclic) bond motifs is 1. The van der Waals surface area contributed by atoms with E-state index in [1.54, 1.807) is 42.1 Å². The first-order valence-corrected chi connectivity index (χ1v) is 7.97. The van der Waals surface area contributed by atoms with Crippen molar-refractivity contribution in [3.63, 3.8) is 0 Å². The molecule has 1 aliphatic rings.